The van der Waals surface area contributed by atoms with Gasteiger partial charge in [-0.05, 0) is 21.2 Å². The summed E-state index contributed by atoms with van der Waals surface area (Å²) >= 11 is 2.31. The number of rotatable bonds is 9. The topological polar surface area (TPSA) is 220 Å². The Hall–Kier alpha value is -3.16. The summed E-state index contributed by atoms with van der Waals surface area (Å²) in [6.45, 7) is 0. The van der Waals surface area contributed by atoms with Gasteiger partial charge in [-0.3, -0.25) is 14.5 Å². The number of aliphatic carboxylic acids is 1. The molecule has 19 heteroatoms. The number of sulfone groups is 1. The van der Waals surface area contributed by atoms with Crippen LogP contribution in [-0.2, 0) is 36.0 Å². The van der Waals surface area contributed by atoms with Crippen LogP contribution in [0.3, 0.4) is 0 Å². The summed E-state index contributed by atoms with van der Waals surface area (Å²) in [7, 11) is -1.40. The lowest BCUT2D eigenvalue weighted by Gasteiger charge is -2.55. The number of nitrogens with one attached hydrogen (secondary N) is 1. The highest BCUT2D eigenvalue weighted by Gasteiger charge is 2.67. The standard InChI is InChI=1S/C17H19N7O9S3/c1-23-16(19-21-22-23)35-6-7-5-34-15-17(32-2,14(29)24(15)10(7)13(27)28)18-12(26)11(36(3,30)31)8-4-9(25)20-33-8/h4,11,15H,5-6H2,1-3H3,(H,18,26)(H,20,25)(H,27,28)/t11?,15-,17-/m0/s1. The van der Waals surface area contributed by atoms with E-state index in [1.807, 2.05) is 0 Å². The fraction of sp³-hybridized carbons (Fsp3) is 0.471. The highest BCUT2D eigenvalue weighted by Crippen LogP contribution is 2.47. The van der Waals surface area contributed by atoms with E-state index in [0.29, 0.717) is 10.7 Å². The maximum atomic E-state index is 13.3. The Balaban J connectivity index is 1.61. The zero-order valence-electron chi connectivity index (χ0n) is 18.8. The first-order chi connectivity index (χ1) is 16.9. The lowest BCUT2D eigenvalue weighted by atomic mass is 9.98. The van der Waals surface area contributed by atoms with Gasteiger partial charge in [-0.15, -0.1) is 16.9 Å². The number of thioether (sulfide) groups is 2. The zero-order chi connectivity index (χ0) is 26.4. The molecule has 0 bridgehead atoms. The number of amides is 2. The normalized spacial score (nSPS) is 22.7. The molecule has 3 N–H and O–H groups in total. The first-order valence-corrected chi connectivity index (χ1v) is 13.9. The molecule has 2 amide bonds. The number of tetrazole rings is 1. The lowest BCUT2D eigenvalue weighted by molar-refractivity contribution is -0.192. The molecule has 0 saturated carbocycles. The van der Waals surface area contributed by atoms with E-state index in [9.17, 15) is 33.0 Å². The Labute approximate surface area is 211 Å². The van der Waals surface area contributed by atoms with Gasteiger partial charge in [0.2, 0.25) is 11.1 Å². The number of carboxylic acids is 1. The summed E-state index contributed by atoms with van der Waals surface area (Å²) in [5, 5.41) is 33.3. The maximum Gasteiger partial charge on any atom is 0.352 e. The minimum atomic E-state index is -4.15. The number of carboxylic acid groups (broad SMARTS) is 1. The number of hydrogen-bond donors (Lipinski definition) is 3. The number of β-lactam (4-membered cyclic amide) rings is 1. The predicted molar refractivity (Wildman–Crippen MR) is 121 cm³/mol. The van der Waals surface area contributed by atoms with E-state index in [2.05, 4.69) is 26.0 Å². The zero-order valence-corrected chi connectivity index (χ0v) is 21.3. The molecule has 1 unspecified atom stereocenters. The Morgan fingerprint density at radius 3 is 2.72 bits per heavy atom. The molecule has 0 aliphatic carbocycles. The number of hydrogen-bond acceptors (Lipinski definition) is 14. The first kappa shape index (κ1) is 25.9. The molecule has 3 atom stereocenters. The van der Waals surface area contributed by atoms with Gasteiger partial charge >= 0.3 is 5.97 Å². The van der Waals surface area contributed by atoms with E-state index in [1.165, 1.54) is 16.4 Å². The number of nitrogens with zero attached hydrogens (tertiary/aromatic N) is 6. The van der Waals surface area contributed by atoms with Crippen LogP contribution < -0.4 is 5.32 Å². The van der Waals surface area contributed by atoms with Crippen molar-refractivity contribution in [3.8, 4) is 5.88 Å². The summed E-state index contributed by atoms with van der Waals surface area (Å²) in [6, 6.07) is 0.858. The van der Waals surface area contributed by atoms with Gasteiger partial charge in [0.05, 0.1) is 0 Å². The molecule has 194 valence electrons. The highest BCUT2D eigenvalue weighted by atomic mass is 32.2. The van der Waals surface area contributed by atoms with Crippen LogP contribution in [0.25, 0.3) is 0 Å². The fourth-order valence-electron chi connectivity index (χ4n) is 3.74. The van der Waals surface area contributed by atoms with Crippen LogP contribution in [0.15, 0.2) is 27.0 Å². The van der Waals surface area contributed by atoms with E-state index in [0.717, 1.165) is 36.1 Å². The van der Waals surface area contributed by atoms with Crippen LogP contribution in [-0.4, -0.2) is 103 Å². The average Bonchev–Trinajstić information content (AvgIpc) is 3.41. The molecule has 0 radical (unpaired) electrons. The number of fused-ring (bicyclic) bond motifs is 1. The molecule has 0 spiro atoms. The summed E-state index contributed by atoms with van der Waals surface area (Å²) in [5.41, 5.74) is -1.89. The van der Waals surface area contributed by atoms with Gasteiger partial charge in [-0.1, -0.05) is 11.8 Å². The van der Waals surface area contributed by atoms with Gasteiger partial charge in [0, 0.05) is 38.0 Å². The number of ether oxygens (including phenoxy) is 1. The van der Waals surface area contributed by atoms with E-state index in [4.69, 9.17) is 9.26 Å². The van der Waals surface area contributed by atoms with Crippen LogP contribution in [0, 0.1) is 0 Å². The first-order valence-electron chi connectivity index (χ1n) is 9.88. The third-order valence-corrected chi connectivity index (χ3v) is 9.11. The van der Waals surface area contributed by atoms with E-state index < -0.39 is 55.6 Å². The largest absolute Gasteiger partial charge is 0.491 e. The fourth-order valence-corrected chi connectivity index (χ4v) is 7.14. The van der Waals surface area contributed by atoms with Gasteiger partial charge in [0.1, 0.15) is 11.1 Å². The van der Waals surface area contributed by atoms with Crippen LogP contribution in [0.5, 0.6) is 5.88 Å². The van der Waals surface area contributed by atoms with Crippen molar-refractivity contribution in [2.24, 2.45) is 7.05 Å². The second kappa shape index (κ2) is 9.37. The molecule has 1 fully saturated rings. The van der Waals surface area contributed by atoms with Gasteiger partial charge in [-0.2, -0.15) is 0 Å². The van der Waals surface area contributed by atoms with E-state index in [-0.39, 0.29) is 17.2 Å². The minimum absolute atomic E-state index is 0.167. The highest BCUT2D eigenvalue weighted by molar-refractivity contribution is 8.01. The van der Waals surface area contributed by atoms with Gasteiger partial charge in [-0.25, -0.2) is 17.9 Å². The molecule has 4 heterocycles. The third kappa shape index (κ3) is 4.31. The molecule has 2 aromatic rings. The molecule has 0 aromatic carbocycles. The number of aromatic nitrogens is 5. The van der Waals surface area contributed by atoms with Crippen LogP contribution >= 0.6 is 23.5 Å². The molecule has 4 rings (SSSR count). The second-order valence-corrected chi connectivity index (χ2v) is 11.8. The quantitative estimate of drug-likeness (QED) is 0.180. The number of carbonyl (C=O) groups is 3. The molecular weight excluding hydrogens is 542 g/mol. The minimum Gasteiger partial charge on any atom is -0.491 e. The Morgan fingerprint density at radius 1 is 1.47 bits per heavy atom. The number of methoxy groups -OCH3 is 1. The van der Waals surface area contributed by atoms with Crippen molar-refractivity contribution < 1.29 is 42.3 Å². The number of carbonyl (C=O) groups excluding carboxylic acids is 2. The molecule has 36 heavy (non-hydrogen) atoms. The molecule has 2 aromatic heterocycles. The van der Waals surface area contributed by atoms with Gasteiger partial charge in [0.15, 0.2) is 20.8 Å². The molecular formula is C17H19N7O9S3. The van der Waals surface area contributed by atoms with E-state index in [1.54, 1.807) is 7.05 Å². The van der Waals surface area contributed by atoms with Crippen molar-refractivity contribution in [1.82, 2.24) is 35.6 Å². The van der Waals surface area contributed by atoms with Crippen molar-refractivity contribution >= 4 is 51.1 Å². The molecule has 2 aliphatic heterocycles. The van der Waals surface area contributed by atoms with Crippen molar-refractivity contribution in [2.45, 2.75) is 21.5 Å². The van der Waals surface area contributed by atoms with Crippen LogP contribution in [0.2, 0.25) is 0 Å². The second-order valence-electron chi connectivity index (χ2n) is 7.70. The van der Waals surface area contributed by atoms with Crippen LogP contribution in [0.1, 0.15) is 11.0 Å². The summed E-state index contributed by atoms with van der Waals surface area (Å²) in [6.07, 6.45) is 0.766. The third-order valence-electron chi connectivity index (χ3n) is 5.34. The Bertz CT molecular complexity index is 1370. The maximum absolute atomic E-state index is 13.3. The van der Waals surface area contributed by atoms with Crippen molar-refractivity contribution in [2.75, 3.05) is 24.9 Å². The molecule has 2 aliphatic rings. The molecule has 16 nitrogen and oxygen atoms in total. The number of aryl methyl sites for hydroxylation is 1. The SMILES string of the molecule is CO[C@@]1(NC(=O)C(c2cc(O)no2)S(C)(=O)=O)C(=O)N2C(C(=O)O)=C(CSc3nnnn3C)CS[C@H]21. The van der Waals surface area contributed by atoms with Gasteiger partial charge < -0.3 is 24.8 Å². The Kier molecular flexibility index (Phi) is 6.75. The van der Waals surface area contributed by atoms with Crippen molar-refractivity contribution in [3.63, 3.8) is 0 Å². The van der Waals surface area contributed by atoms with Crippen LogP contribution in [0.4, 0.5) is 0 Å². The number of aromatic hydroxyl groups is 1. The average molecular weight is 562 g/mol. The monoisotopic (exact) mass is 561 g/mol. The lowest BCUT2D eigenvalue weighted by Crippen LogP contribution is -2.81. The van der Waals surface area contributed by atoms with Crippen molar-refractivity contribution in [1.29, 1.82) is 0 Å². The van der Waals surface area contributed by atoms with E-state index >= 15 is 0 Å². The smallest absolute Gasteiger partial charge is 0.352 e. The molecule has 1 saturated heterocycles. The van der Waals surface area contributed by atoms with Gasteiger partial charge in [0.25, 0.3) is 17.5 Å². The van der Waals surface area contributed by atoms with Crippen molar-refractivity contribution in [3.05, 3.63) is 23.1 Å². The Morgan fingerprint density at radius 2 is 2.19 bits per heavy atom. The predicted octanol–water partition coefficient (Wildman–Crippen LogP) is -1.51. The summed E-state index contributed by atoms with van der Waals surface area (Å²) < 4.78 is 36.2. The summed E-state index contributed by atoms with van der Waals surface area (Å²) in [4.78, 5) is 39.4. The summed E-state index contributed by atoms with van der Waals surface area (Å²) in [5.74, 6) is -4.20.